The van der Waals surface area contributed by atoms with E-state index in [4.69, 9.17) is 0 Å². The smallest absolute Gasteiger partial charge is 0.256 e. The number of hydrogen-bond donors (Lipinski definition) is 0. The lowest BCUT2D eigenvalue weighted by Crippen LogP contribution is -2.51. The van der Waals surface area contributed by atoms with Crippen LogP contribution in [0.25, 0.3) is 0 Å². The Morgan fingerprint density at radius 2 is 1.62 bits per heavy atom. The molecule has 1 fully saturated rings. The van der Waals surface area contributed by atoms with Gasteiger partial charge < -0.3 is 9.80 Å². The van der Waals surface area contributed by atoms with Gasteiger partial charge in [0.2, 0.25) is 5.91 Å². The van der Waals surface area contributed by atoms with Crippen LogP contribution in [-0.4, -0.2) is 52.8 Å². The predicted octanol–water partition coefficient (Wildman–Crippen LogP) is 3.17. The summed E-state index contributed by atoms with van der Waals surface area (Å²) in [6, 6.07) is 13.5. The summed E-state index contributed by atoms with van der Waals surface area (Å²) >= 11 is 1.49. The van der Waals surface area contributed by atoms with E-state index >= 15 is 0 Å². The summed E-state index contributed by atoms with van der Waals surface area (Å²) in [6.45, 7) is 6.10. The number of hydrogen-bond acceptors (Lipinski definition) is 4. The van der Waals surface area contributed by atoms with Crippen molar-refractivity contribution >= 4 is 23.6 Å². The molecule has 0 saturated carbocycles. The minimum Gasteiger partial charge on any atom is -0.339 e. The zero-order valence-corrected chi connectivity index (χ0v) is 15.9. The highest BCUT2D eigenvalue weighted by atomic mass is 32.2. The average molecular weight is 369 g/mol. The van der Waals surface area contributed by atoms with Crippen molar-refractivity contribution in [2.24, 2.45) is 5.92 Å². The van der Waals surface area contributed by atoms with Crippen molar-refractivity contribution in [2.75, 3.05) is 26.2 Å². The van der Waals surface area contributed by atoms with Crippen LogP contribution in [0, 0.1) is 5.92 Å². The van der Waals surface area contributed by atoms with Crippen LogP contribution in [0.3, 0.4) is 0 Å². The van der Waals surface area contributed by atoms with Gasteiger partial charge in [-0.3, -0.25) is 9.59 Å². The number of pyridine rings is 1. The van der Waals surface area contributed by atoms with Crippen LogP contribution in [0.15, 0.2) is 58.6 Å². The summed E-state index contributed by atoms with van der Waals surface area (Å²) in [6.07, 6.45) is 1.71. The predicted molar refractivity (Wildman–Crippen MR) is 102 cm³/mol. The average Bonchev–Trinajstić information content (AvgIpc) is 2.68. The van der Waals surface area contributed by atoms with Crippen LogP contribution in [0.1, 0.15) is 24.2 Å². The first-order valence-electron chi connectivity index (χ1n) is 8.82. The molecule has 0 radical (unpaired) electrons. The Labute approximate surface area is 158 Å². The molecular weight excluding hydrogens is 346 g/mol. The van der Waals surface area contributed by atoms with E-state index in [9.17, 15) is 9.59 Å². The summed E-state index contributed by atoms with van der Waals surface area (Å²) in [5.41, 5.74) is 0.616. The molecule has 3 rings (SSSR count). The third-order valence-corrected chi connectivity index (χ3v) is 5.36. The highest BCUT2D eigenvalue weighted by molar-refractivity contribution is 7.99. The van der Waals surface area contributed by atoms with E-state index in [2.05, 4.69) is 4.98 Å². The van der Waals surface area contributed by atoms with E-state index in [0.29, 0.717) is 36.8 Å². The summed E-state index contributed by atoms with van der Waals surface area (Å²) in [5, 5.41) is 0.712. The minimum absolute atomic E-state index is 0.00977. The summed E-state index contributed by atoms with van der Waals surface area (Å²) in [4.78, 5) is 34.2. The minimum atomic E-state index is -0.0202. The Kier molecular flexibility index (Phi) is 5.93. The third-order valence-electron chi connectivity index (χ3n) is 4.33. The Hall–Kier alpha value is -2.34. The van der Waals surface area contributed by atoms with E-state index in [-0.39, 0.29) is 17.7 Å². The maximum Gasteiger partial charge on any atom is 0.256 e. The molecule has 0 unspecified atom stereocenters. The van der Waals surface area contributed by atoms with Gasteiger partial charge in [-0.25, -0.2) is 4.98 Å². The van der Waals surface area contributed by atoms with E-state index in [0.717, 1.165) is 4.90 Å². The Morgan fingerprint density at radius 3 is 2.27 bits per heavy atom. The van der Waals surface area contributed by atoms with Crippen molar-refractivity contribution in [3.05, 3.63) is 54.2 Å². The van der Waals surface area contributed by atoms with Gasteiger partial charge in [-0.2, -0.15) is 0 Å². The number of nitrogens with zero attached hydrogens (tertiary/aromatic N) is 3. The number of carbonyl (C=O) groups is 2. The monoisotopic (exact) mass is 369 g/mol. The van der Waals surface area contributed by atoms with Crippen LogP contribution in [0.5, 0.6) is 0 Å². The lowest BCUT2D eigenvalue weighted by molar-refractivity contribution is -0.135. The second-order valence-electron chi connectivity index (χ2n) is 6.54. The molecule has 2 aromatic rings. The summed E-state index contributed by atoms with van der Waals surface area (Å²) in [7, 11) is 0. The first-order valence-corrected chi connectivity index (χ1v) is 9.64. The summed E-state index contributed by atoms with van der Waals surface area (Å²) in [5.74, 6) is 0.122. The van der Waals surface area contributed by atoms with Crippen molar-refractivity contribution in [3.8, 4) is 0 Å². The van der Waals surface area contributed by atoms with Crippen molar-refractivity contribution in [1.82, 2.24) is 14.8 Å². The SMILES string of the molecule is CC(C)C(=O)N1CCN(C(=O)c2cccnc2Sc2ccccc2)CC1. The van der Waals surface area contributed by atoms with E-state index in [1.807, 2.05) is 60.0 Å². The Balaban J connectivity index is 1.70. The normalized spacial score (nSPS) is 14.6. The molecule has 26 heavy (non-hydrogen) atoms. The number of benzene rings is 1. The lowest BCUT2D eigenvalue weighted by atomic mass is 10.1. The third kappa shape index (κ3) is 4.25. The van der Waals surface area contributed by atoms with Crippen molar-refractivity contribution in [2.45, 2.75) is 23.8 Å². The molecule has 5 nitrogen and oxygen atoms in total. The van der Waals surface area contributed by atoms with Crippen LogP contribution in [0.2, 0.25) is 0 Å². The fourth-order valence-corrected chi connectivity index (χ4v) is 3.80. The molecule has 1 aliphatic rings. The molecule has 0 atom stereocenters. The second kappa shape index (κ2) is 8.36. The lowest BCUT2D eigenvalue weighted by Gasteiger charge is -2.35. The molecule has 6 heteroatoms. The number of aromatic nitrogens is 1. The van der Waals surface area contributed by atoms with Gasteiger partial charge in [0.15, 0.2) is 0 Å². The molecule has 0 aliphatic carbocycles. The molecule has 1 aromatic carbocycles. The molecular formula is C20H23N3O2S. The van der Waals surface area contributed by atoms with Gasteiger partial charge in [-0.1, -0.05) is 43.8 Å². The Morgan fingerprint density at radius 1 is 0.962 bits per heavy atom. The van der Waals surface area contributed by atoms with E-state index < -0.39 is 0 Å². The number of amides is 2. The van der Waals surface area contributed by atoms with Crippen molar-refractivity contribution in [1.29, 1.82) is 0 Å². The molecule has 1 saturated heterocycles. The van der Waals surface area contributed by atoms with Gasteiger partial charge in [-0.15, -0.1) is 0 Å². The molecule has 0 bridgehead atoms. The van der Waals surface area contributed by atoms with E-state index in [1.54, 1.807) is 12.3 Å². The Bertz CT molecular complexity index is 772. The van der Waals surface area contributed by atoms with Gasteiger partial charge in [0.25, 0.3) is 5.91 Å². The fraction of sp³-hybridized carbons (Fsp3) is 0.350. The zero-order chi connectivity index (χ0) is 18.5. The molecule has 136 valence electrons. The van der Waals surface area contributed by atoms with Crippen molar-refractivity contribution in [3.63, 3.8) is 0 Å². The van der Waals surface area contributed by atoms with Crippen LogP contribution >= 0.6 is 11.8 Å². The second-order valence-corrected chi connectivity index (χ2v) is 7.61. The zero-order valence-electron chi connectivity index (χ0n) is 15.1. The largest absolute Gasteiger partial charge is 0.339 e. The first-order chi connectivity index (χ1) is 12.6. The number of rotatable bonds is 4. The van der Waals surface area contributed by atoms with Crippen LogP contribution in [0.4, 0.5) is 0 Å². The maximum atomic E-state index is 13.0. The van der Waals surface area contributed by atoms with Gasteiger partial charge in [-0.05, 0) is 24.3 Å². The fourth-order valence-electron chi connectivity index (χ4n) is 2.90. The molecule has 0 N–H and O–H groups in total. The quantitative estimate of drug-likeness (QED) is 0.831. The topological polar surface area (TPSA) is 53.5 Å². The molecule has 2 amide bonds. The van der Waals surface area contributed by atoms with Gasteiger partial charge >= 0.3 is 0 Å². The first kappa shape index (κ1) is 18.5. The van der Waals surface area contributed by atoms with Gasteiger partial charge in [0.05, 0.1) is 5.56 Å². The highest BCUT2D eigenvalue weighted by Crippen LogP contribution is 2.29. The highest BCUT2D eigenvalue weighted by Gasteiger charge is 2.27. The standard InChI is InChI=1S/C20H23N3O2S/c1-15(2)19(24)22-11-13-23(14-12-22)20(25)17-9-6-10-21-18(17)26-16-7-4-3-5-8-16/h3-10,15H,11-14H2,1-2H3. The van der Waals surface area contributed by atoms with Gasteiger partial charge in [0.1, 0.15) is 5.03 Å². The molecule has 0 spiro atoms. The molecule has 2 heterocycles. The van der Waals surface area contributed by atoms with Crippen LogP contribution < -0.4 is 0 Å². The summed E-state index contributed by atoms with van der Waals surface area (Å²) < 4.78 is 0. The van der Waals surface area contributed by atoms with E-state index in [1.165, 1.54) is 11.8 Å². The number of carbonyl (C=O) groups excluding carboxylic acids is 2. The van der Waals surface area contributed by atoms with Crippen molar-refractivity contribution < 1.29 is 9.59 Å². The molecule has 1 aliphatic heterocycles. The van der Waals surface area contributed by atoms with Crippen LogP contribution in [-0.2, 0) is 4.79 Å². The maximum absolute atomic E-state index is 13.0. The number of piperazine rings is 1. The van der Waals surface area contributed by atoms with Gasteiger partial charge in [0, 0.05) is 43.2 Å². The molecule has 1 aromatic heterocycles.